The molecule has 0 aliphatic carbocycles. The highest BCUT2D eigenvalue weighted by molar-refractivity contribution is 7.89. The monoisotopic (exact) mass is 493 g/mol. The van der Waals surface area contributed by atoms with Crippen molar-refractivity contribution in [1.82, 2.24) is 4.72 Å². The Kier molecular flexibility index (Phi) is 7.11. The second kappa shape index (κ2) is 9.50. The number of anilines is 2. The summed E-state index contributed by atoms with van der Waals surface area (Å²) < 4.78 is 32.1. The number of halogens is 1. The van der Waals surface area contributed by atoms with E-state index in [-0.39, 0.29) is 28.8 Å². The van der Waals surface area contributed by atoms with Gasteiger partial charge in [-0.1, -0.05) is 29.8 Å². The Balaban J connectivity index is 1.63. The van der Waals surface area contributed by atoms with Gasteiger partial charge in [-0.05, 0) is 51.1 Å². The van der Waals surface area contributed by atoms with Gasteiger partial charge in [0.25, 0.3) is 5.91 Å². The van der Waals surface area contributed by atoms with Crippen LogP contribution in [0.3, 0.4) is 0 Å². The summed E-state index contributed by atoms with van der Waals surface area (Å²) in [6.45, 7) is 4.36. The molecule has 2 aromatic rings. The molecule has 0 aromatic heterocycles. The molecule has 1 unspecified atom stereocenters. The molecule has 11 heteroatoms. The van der Waals surface area contributed by atoms with Crippen LogP contribution in [0.25, 0.3) is 0 Å². The van der Waals surface area contributed by atoms with Crippen molar-refractivity contribution in [3.8, 4) is 0 Å². The van der Waals surface area contributed by atoms with Gasteiger partial charge in [0, 0.05) is 11.6 Å². The number of fused-ring (bicyclic) bond motifs is 1. The first-order valence-corrected chi connectivity index (χ1v) is 12.0. The lowest BCUT2D eigenvalue weighted by Crippen LogP contribution is -2.60. The van der Waals surface area contributed by atoms with Gasteiger partial charge in [0.15, 0.2) is 6.10 Å². The maximum absolute atomic E-state index is 13.2. The summed E-state index contributed by atoms with van der Waals surface area (Å²) in [4.78, 5) is 39.2. The summed E-state index contributed by atoms with van der Waals surface area (Å²) in [5, 5.41) is 3.02. The van der Waals surface area contributed by atoms with E-state index in [1.165, 1.54) is 30.0 Å². The van der Waals surface area contributed by atoms with Crippen molar-refractivity contribution in [1.29, 1.82) is 0 Å². The Bertz CT molecular complexity index is 1200. The van der Waals surface area contributed by atoms with Crippen LogP contribution < -0.4 is 14.9 Å². The third-order valence-corrected chi connectivity index (χ3v) is 6.81. The normalized spacial score (nSPS) is 15.9. The predicted octanol–water partition coefficient (Wildman–Crippen LogP) is 2.70. The van der Waals surface area contributed by atoms with Crippen molar-refractivity contribution in [2.75, 3.05) is 16.8 Å². The highest BCUT2D eigenvalue weighted by atomic mass is 35.5. The van der Waals surface area contributed by atoms with Crippen LogP contribution in [0.5, 0.6) is 0 Å². The number of para-hydroxylation sites is 2. The van der Waals surface area contributed by atoms with Crippen LogP contribution >= 0.6 is 11.6 Å². The summed E-state index contributed by atoms with van der Waals surface area (Å²) >= 11 is 5.82. The van der Waals surface area contributed by atoms with E-state index in [0.29, 0.717) is 11.4 Å². The number of esters is 1. The molecule has 1 aliphatic heterocycles. The molecule has 0 saturated heterocycles. The summed E-state index contributed by atoms with van der Waals surface area (Å²) in [5.41, 5.74) is -0.244. The number of amides is 2. The highest BCUT2D eigenvalue weighted by Gasteiger charge is 2.45. The Labute approximate surface area is 197 Å². The summed E-state index contributed by atoms with van der Waals surface area (Å²) in [6, 6.07) is 12.5. The van der Waals surface area contributed by atoms with Gasteiger partial charge in [-0.25, -0.2) is 13.1 Å². The van der Waals surface area contributed by atoms with Crippen LogP contribution in [0.4, 0.5) is 11.4 Å². The van der Waals surface area contributed by atoms with Crippen molar-refractivity contribution in [3.05, 3.63) is 53.6 Å². The van der Waals surface area contributed by atoms with Gasteiger partial charge >= 0.3 is 5.97 Å². The zero-order valence-electron chi connectivity index (χ0n) is 18.3. The van der Waals surface area contributed by atoms with E-state index < -0.39 is 33.5 Å². The lowest BCUT2D eigenvalue weighted by atomic mass is 9.95. The van der Waals surface area contributed by atoms with Gasteiger partial charge in [0.1, 0.15) is 5.54 Å². The fraction of sp³-hybridized carbons (Fsp3) is 0.318. The number of rotatable bonds is 7. The van der Waals surface area contributed by atoms with Gasteiger partial charge in [0.05, 0.1) is 22.7 Å². The first-order chi connectivity index (χ1) is 15.4. The molecular formula is C22H24ClN3O6S. The second-order valence-corrected chi connectivity index (χ2v) is 10.1. The van der Waals surface area contributed by atoms with Crippen LogP contribution in [0.15, 0.2) is 53.4 Å². The third-order valence-electron chi connectivity index (χ3n) is 5.11. The van der Waals surface area contributed by atoms with Gasteiger partial charge in [-0.15, -0.1) is 0 Å². The largest absolute Gasteiger partial charge is 0.452 e. The molecule has 2 aromatic carbocycles. The van der Waals surface area contributed by atoms with Gasteiger partial charge < -0.3 is 10.1 Å². The maximum atomic E-state index is 13.2. The highest BCUT2D eigenvalue weighted by Crippen LogP contribution is 2.37. The molecule has 33 heavy (non-hydrogen) atoms. The first-order valence-electron chi connectivity index (χ1n) is 10.1. The van der Waals surface area contributed by atoms with Crippen molar-refractivity contribution in [2.45, 2.75) is 43.7 Å². The second-order valence-electron chi connectivity index (χ2n) is 7.94. The van der Waals surface area contributed by atoms with Crippen molar-refractivity contribution >= 4 is 50.8 Å². The number of carbonyl (C=O) groups is 3. The van der Waals surface area contributed by atoms with E-state index in [1.54, 1.807) is 44.2 Å². The number of carbonyl (C=O) groups excluding carboxylic acids is 3. The number of hydrogen-bond acceptors (Lipinski definition) is 6. The number of nitrogens with one attached hydrogen (secondary N) is 2. The number of nitrogens with zero attached hydrogens (tertiary/aromatic N) is 1. The minimum atomic E-state index is -3.86. The average Bonchev–Trinajstić information content (AvgIpc) is 2.74. The van der Waals surface area contributed by atoms with Gasteiger partial charge in [-0.2, -0.15) is 0 Å². The molecule has 1 atom stereocenters. The third kappa shape index (κ3) is 5.35. The molecule has 0 spiro atoms. The van der Waals surface area contributed by atoms with E-state index >= 15 is 0 Å². The summed E-state index contributed by atoms with van der Waals surface area (Å²) in [5.74, 6) is -1.71. The van der Waals surface area contributed by atoms with Crippen LogP contribution in [-0.4, -0.2) is 44.4 Å². The number of ether oxygens (including phenoxy) is 1. The van der Waals surface area contributed by atoms with Gasteiger partial charge in [-0.3, -0.25) is 19.3 Å². The van der Waals surface area contributed by atoms with Crippen molar-refractivity contribution < 1.29 is 27.5 Å². The minimum Gasteiger partial charge on any atom is -0.452 e. The Morgan fingerprint density at radius 1 is 1.18 bits per heavy atom. The number of benzene rings is 2. The van der Waals surface area contributed by atoms with Crippen molar-refractivity contribution in [2.24, 2.45) is 0 Å². The molecule has 2 N–H and O–H groups in total. The Morgan fingerprint density at radius 3 is 2.58 bits per heavy atom. The first kappa shape index (κ1) is 24.7. The average molecular weight is 494 g/mol. The lowest BCUT2D eigenvalue weighted by molar-refractivity contribution is -0.154. The molecule has 2 amide bonds. The molecule has 0 fully saturated rings. The maximum Gasteiger partial charge on any atom is 0.307 e. The van der Waals surface area contributed by atoms with Crippen LogP contribution in [0.1, 0.15) is 27.2 Å². The fourth-order valence-electron chi connectivity index (χ4n) is 3.34. The Morgan fingerprint density at radius 2 is 1.88 bits per heavy atom. The van der Waals surface area contributed by atoms with Crippen LogP contribution in [0.2, 0.25) is 5.02 Å². The summed E-state index contributed by atoms with van der Waals surface area (Å²) in [7, 11) is -3.86. The van der Waals surface area contributed by atoms with E-state index in [2.05, 4.69) is 10.0 Å². The zero-order valence-corrected chi connectivity index (χ0v) is 19.9. The molecule has 1 aliphatic rings. The standard InChI is InChI=1S/C22H24ClN3O6S/c1-14(20(28)26-18-10-5-4-9-17(18)25-21(29)22(26,2)3)32-19(27)11-12-24-33(30,31)16-8-6-7-15(23)13-16/h4-10,13-14,24H,11-12H2,1-3H3,(H,25,29). The summed E-state index contributed by atoms with van der Waals surface area (Å²) in [6.07, 6.45) is -1.49. The lowest BCUT2D eigenvalue weighted by Gasteiger charge is -2.42. The predicted molar refractivity (Wildman–Crippen MR) is 123 cm³/mol. The minimum absolute atomic E-state index is 0.0313. The Hall–Kier alpha value is -2.95. The molecule has 0 saturated carbocycles. The molecule has 0 bridgehead atoms. The van der Waals surface area contributed by atoms with Crippen LogP contribution in [0, 0.1) is 0 Å². The quantitative estimate of drug-likeness (QED) is 0.572. The van der Waals surface area contributed by atoms with E-state index in [9.17, 15) is 22.8 Å². The van der Waals surface area contributed by atoms with E-state index in [0.717, 1.165) is 0 Å². The van der Waals surface area contributed by atoms with Crippen LogP contribution in [-0.2, 0) is 29.1 Å². The molecule has 176 valence electrons. The van der Waals surface area contributed by atoms with Gasteiger partial charge in [0.2, 0.25) is 15.9 Å². The molecule has 0 radical (unpaired) electrons. The van der Waals surface area contributed by atoms with E-state index in [4.69, 9.17) is 16.3 Å². The number of sulfonamides is 1. The molecule has 1 heterocycles. The van der Waals surface area contributed by atoms with E-state index in [1.807, 2.05) is 0 Å². The fourth-order valence-corrected chi connectivity index (χ4v) is 4.67. The van der Waals surface area contributed by atoms with Crippen molar-refractivity contribution in [3.63, 3.8) is 0 Å². The molecule has 9 nitrogen and oxygen atoms in total. The SMILES string of the molecule is CC(OC(=O)CCNS(=O)(=O)c1cccc(Cl)c1)C(=O)N1c2ccccc2NC(=O)C1(C)C. The smallest absolute Gasteiger partial charge is 0.307 e. The topological polar surface area (TPSA) is 122 Å². The zero-order chi connectivity index (χ0) is 24.4. The molecular weight excluding hydrogens is 470 g/mol. The molecule has 3 rings (SSSR count). The number of hydrogen-bond donors (Lipinski definition) is 2.